The summed E-state index contributed by atoms with van der Waals surface area (Å²) >= 11 is 3.33. The number of hydrogen-bond acceptors (Lipinski definition) is 3. The van der Waals surface area contributed by atoms with E-state index in [1.165, 1.54) is 7.11 Å². The van der Waals surface area contributed by atoms with Crippen LogP contribution in [0.1, 0.15) is 5.56 Å². The van der Waals surface area contributed by atoms with Crippen molar-refractivity contribution in [3.8, 4) is 11.5 Å². The van der Waals surface area contributed by atoms with Crippen LogP contribution in [0.25, 0.3) is 0 Å². The first-order chi connectivity index (χ1) is 9.51. The summed E-state index contributed by atoms with van der Waals surface area (Å²) in [6.45, 7) is 0.0445. The van der Waals surface area contributed by atoms with Crippen LogP contribution in [0.3, 0.4) is 0 Å². The summed E-state index contributed by atoms with van der Waals surface area (Å²) in [7, 11) is 1.52. The second-order valence-corrected chi connectivity index (χ2v) is 4.96. The minimum absolute atomic E-state index is 0.0445. The van der Waals surface area contributed by atoms with Gasteiger partial charge < -0.3 is 15.2 Å². The molecule has 0 aliphatic heterocycles. The van der Waals surface area contributed by atoms with Gasteiger partial charge in [0.25, 0.3) is 0 Å². The first kappa shape index (κ1) is 14.6. The first-order valence-corrected chi connectivity index (χ1v) is 6.50. The molecule has 0 aromatic heterocycles. The zero-order valence-corrected chi connectivity index (χ0v) is 12.2. The normalized spacial score (nSPS) is 10.4. The summed E-state index contributed by atoms with van der Waals surface area (Å²) in [5.74, 6) is -1.02. The van der Waals surface area contributed by atoms with E-state index in [0.717, 1.165) is 16.6 Å². The molecule has 3 nitrogen and oxygen atoms in total. The largest absolute Gasteiger partial charge is 0.496 e. The van der Waals surface area contributed by atoms with Gasteiger partial charge in [-0.25, -0.2) is 8.78 Å². The number of methoxy groups -OCH3 is 1. The minimum atomic E-state index is -0.720. The van der Waals surface area contributed by atoms with Crippen LogP contribution in [-0.2, 0) is 6.61 Å². The Morgan fingerprint density at radius 1 is 1.10 bits per heavy atom. The van der Waals surface area contributed by atoms with Crippen molar-refractivity contribution < 1.29 is 18.3 Å². The summed E-state index contributed by atoms with van der Waals surface area (Å²) < 4.78 is 38.2. The third kappa shape index (κ3) is 3.19. The Labute approximate surface area is 123 Å². The van der Waals surface area contributed by atoms with Gasteiger partial charge in [0.15, 0.2) is 11.6 Å². The molecule has 0 saturated heterocycles. The van der Waals surface area contributed by atoms with Crippen molar-refractivity contribution in [3.63, 3.8) is 0 Å². The quantitative estimate of drug-likeness (QED) is 0.856. The van der Waals surface area contributed by atoms with Gasteiger partial charge in [0.2, 0.25) is 0 Å². The van der Waals surface area contributed by atoms with Crippen molar-refractivity contribution in [2.24, 2.45) is 0 Å². The number of halogens is 3. The standard InChI is InChI=1S/C14H12BrF2NO2/c1-19-13-3-2-9(15)4-8(13)7-20-14-6-10(16)12(18)5-11(14)17/h2-6H,7,18H2,1H3. The van der Waals surface area contributed by atoms with E-state index in [-0.39, 0.29) is 18.0 Å². The van der Waals surface area contributed by atoms with Crippen molar-refractivity contribution in [1.29, 1.82) is 0 Å². The van der Waals surface area contributed by atoms with Crippen molar-refractivity contribution in [2.75, 3.05) is 12.8 Å². The number of benzene rings is 2. The lowest BCUT2D eigenvalue weighted by atomic mass is 10.2. The molecule has 6 heteroatoms. The van der Waals surface area contributed by atoms with E-state index in [9.17, 15) is 8.78 Å². The molecule has 2 aromatic rings. The Morgan fingerprint density at radius 3 is 2.55 bits per heavy atom. The maximum Gasteiger partial charge on any atom is 0.167 e. The number of hydrogen-bond donors (Lipinski definition) is 1. The van der Waals surface area contributed by atoms with Gasteiger partial charge in [0.1, 0.15) is 18.2 Å². The molecule has 0 radical (unpaired) electrons. The predicted molar refractivity (Wildman–Crippen MR) is 75.8 cm³/mol. The zero-order valence-electron chi connectivity index (χ0n) is 10.6. The smallest absolute Gasteiger partial charge is 0.167 e. The molecule has 0 fully saturated rings. The maximum atomic E-state index is 13.6. The number of nitrogen functional groups attached to an aromatic ring is 1. The van der Waals surface area contributed by atoms with Crippen LogP contribution < -0.4 is 15.2 Å². The molecule has 0 aliphatic carbocycles. The van der Waals surface area contributed by atoms with Crippen LogP contribution >= 0.6 is 15.9 Å². The predicted octanol–water partition coefficient (Wildman–Crippen LogP) is 3.90. The fourth-order valence-corrected chi connectivity index (χ4v) is 2.08. The van der Waals surface area contributed by atoms with E-state index in [1.54, 1.807) is 12.1 Å². The van der Waals surface area contributed by atoms with Gasteiger partial charge >= 0.3 is 0 Å². The summed E-state index contributed by atoms with van der Waals surface area (Å²) in [6.07, 6.45) is 0. The summed E-state index contributed by atoms with van der Waals surface area (Å²) in [5, 5.41) is 0. The van der Waals surface area contributed by atoms with Crippen molar-refractivity contribution in [1.82, 2.24) is 0 Å². The topological polar surface area (TPSA) is 44.5 Å². The van der Waals surface area contributed by atoms with E-state index in [4.69, 9.17) is 15.2 Å². The van der Waals surface area contributed by atoms with Gasteiger partial charge in [0, 0.05) is 22.2 Å². The molecular weight excluding hydrogens is 332 g/mol. The molecule has 106 valence electrons. The number of anilines is 1. The Bertz CT molecular complexity index is 635. The van der Waals surface area contributed by atoms with Gasteiger partial charge in [-0.1, -0.05) is 15.9 Å². The molecule has 2 aromatic carbocycles. The Kier molecular flexibility index (Phi) is 4.44. The Hall–Kier alpha value is -1.82. The molecule has 0 spiro atoms. The van der Waals surface area contributed by atoms with E-state index in [1.807, 2.05) is 6.07 Å². The lowest BCUT2D eigenvalue weighted by Gasteiger charge is -2.12. The number of ether oxygens (including phenoxy) is 2. The molecule has 0 bridgehead atoms. The van der Waals surface area contributed by atoms with E-state index < -0.39 is 11.6 Å². The lowest BCUT2D eigenvalue weighted by Crippen LogP contribution is -2.02. The molecule has 20 heavy (non-hydrogen) atoms. The highest BCUT2D eigenvalue weighted by Crippen LogP contribution is 2.27. The number of rotatable bonds is 4. The molecule has 0 unspecified atom stereocenters. The third-order valence-electron chi connectivity index (χ3n) is 2.68. The van der Waals surface area contributed by atoms with Crippen LogP contribution in [0.15, 0.2) is 34.8 Å². The van der Waals surface area contributed by atoms with Crippen LogP contribution in [0.5, 0.6) is 11.5 Å². The highest BCUT2D eigenvalue weighted by Gasteiger charge is 2.11. The van der Waals surface area contributed by atoms with Crippen molar-refractivity contribution in [2.45, 2.75) is 6.61 Å². The molecule has 0 saturated carbocycles. The fourth-order valence-electron chi connectivity index (χ4n) is 1.67. The molecule has 0 atom stereocenters. The minimum Gasteiger partial charge on any atom is -0.496 e. The maximum absolute atomic E-state index is 13.6. The molecule has 2 rings (SSSR count). The molecule has 0 heterocycles. The van der Waals surface area contributed by atoms with Crippen molar-refractivity contribution >= 4 is 21.6 Å². The third-order valence-corrected chi connectivity index (χ3v) is 3.17. The van der Waals surface area contributed by atoms with Crippen LogP contribution in [0.2, 0.25) is 0 Å². The average Bonchev–Trinajstić information content (AvgIpc) is 2.41. The molecule has 0 amide bonds. The fraction of sp³-hybridized carbons (Fsp3) is 0.143. The summed E-state index contributed by atoms with van der Waals surface area (Å²) in [4.78, 5) is 0. The Balaban J connectivity index is 2.21. The van der Waals surface area contributed by atoms with Crippen LogP contribution in [0.4, 0.5) is 14.5 Å². The highest BCUT2D eigenvalue weighted by atomic mass is 79.9. The second kappa shape index (κ2) is 6.09. The molecular formula is C14H12BrF2NO2. The summed E-state index contributed by atoms with van der Waals surface area (Å²) in [5.41, 5.74) is 5.72. The van der Waals surface area contributed by atoms with Gasteiger partial charge in [-0.2, -0.15) is 0 Å². The van der Waals surface area contributed by atoms with Gasteiger partial charge in [-0.15, -0.1) is 0 Å². The second-order valence-electron chi connectivity index (χ2n) is 4.05. The van der Waals surface area contributed by atoms with Gasteiger partial charge in [0.05, 0.1) is 12.8 Å². The molecule has 2 N–H and O–H groups in total. The van der Waals surface area contributed by atoms with Gasteiger partial charge in [-0.3, -0.25) is 0 Å². The highest BCUT2D eigenvalue weighted by molar-refractivity contribution is 9.10. The SMILES string of the molecule is COc1ccc(Br)cc1COc1cc(F)c(N)cc1F. The Morgan fingerprint density at radius 2 is 1.85 bits per heavy atom. The van der Waals surface area contributed by atoms with E-state index in [0.29, 0.717) is 11.3 Å². The molecule has 0 aliphatic rings. The van der Waals surface area contributed by atoms with Crippen LogP contribution in [0, 0.1) is 11.6 Å². The number of nitrogens with two attached hydrogens (primary N) is 1. The van der Waals surface area contributed by atoms with Crippen LogP contribution in [-0.4, -0.2) is 7.11 Å². The average molecular weight is 344 g/mol. The van der Waals surface area contributed by atoms with Crippen molar-refractivity contribution in [3.05, 3.63) is 52.0 Å². The first-order valence-electron chi connectivity index (χ1n) is 5.71. The lowest BCUT2D eigenvalue weighted by molar-refractivity contribution is 0.281. The van der Waals surface area contributed by atoms with E-state index >= 15 is 0 Å². The van der Waals surface area contributed by atoms with Gasteiger partial charge in [-0.05, 0) is 18.2 Å². The zero-order chi connectivity index (χ0) is 14.7. The monoisotopic (exact) mass is 343 g/mol. The van der Waals surface area contributed by atoms with E-state index in [2.05, 4.69) is 15.9 Å². The summed E-state index contributed by atoms with van der Waals surface area (Å²) in [6, 6.07) is 7.16.